The van der Waals surface area contributed by atoms with Crippen molar-refractivity contribution in [3.63, 3.8) is 0 Å². The Hall–Kier alpha value is -3.93. The molecule has 7 atom stereocenters. The number of unbranched alkanes of at least 4 members (excludes halogenated alkanes) is 21. The summed E-state index contributed by atoms with van der Waals surface area (Å²) in [6.45, 7) is 3.64. The van der Waals surface area contributed by atoms with Crippen LogP contribution in [0.3, 0.4) is 0 Å². The fraction of sp³-hybridized carbons (Fsp3) is 0.648. The molecule has 1 aliphatic rings. The Balaban J connectivity index is 2.25. The van der Waals surface area contributed by atoms with Crippen molar-refractivity contribution in [2.45, 2.75) is 281 Å². The Morgan fingerprint density at radius 1 is 0.438 bits per heavy atom. The number of nitrogens with one attached hydrogen (secondary N) is 1. The Morgan fingerprint density at radius 3 is 1.20 bits per heavy atom. The number of allylic oxidation sites excluding steroid dienone is 23. The van der Waals surface area contributed by atoms with Crippen molar-refractivity contribution in [3.8, 4) is 0 Å². The van der Waals surface area contributed by atoms with E-state index in [2.05, 4.69) is 153 Å². The van der Waals surface area contributed by atoms with Crippen LogP contribution >= 0.6 is 0 Å². The summed E-state index contributed by atoms with van der Waals surface area (Å²) in [5.74, 6) is -0.216. The molecule has 1 amide bonds. The molecule has 9 heteroatoms. The topological polar surface area (TPSA) is 149 Å². The Bertz CT molecular complexity index is 1770. The summed E-state index contributed by atoms with van der Waals surface area (Å²) in [6.07, 6.45) is 83.5. The number of ether oxygens (including phenoxy) is 2. The largest absolute Gasteiger partial charge is 0.394 e. The molecule has 0 radical (unpaired) electrons. The molecule has 0 aromatic carbocycles. The molecule has 1 fully saturated rings. The number of carbonyl (C=O) groups is 1. The van der Waals surface area contributed by atoms with E-state index in [9.17, 15) is 30.3 Å². The fourth-order valence-corrected chi connectivity index (χ4v) is 9.14. The standard InChI is InChI=1S/C71H117NO8/c1-3-5-7-9-11-13-15-17-19-21-23-25-27-28-29-30-31-32-33-34-35-36-37-38-39-41-43-45-47-49-51-53-55-57-59-61-67(75)72-64(63-79-71-70(78)69(77)68(76)66(62-73)80-71)65(74)60-58-56-54-52-50-48-46-44-42-40-26-24-22-20-18-16-14-12-10-8-6-4-2/h5,7,11,13,17,19,23,25,28-29,31-32,34-35,37-38,41,43,47,49-50,52,58,60,64-66,68-71,73-74,76-78H,3-4,6,8-10,12,14-16,18,20-22,24,26-27,30,33,36,39-40,42,44-46,48,51,53-57,59,61-63H2,1-2H3,(H,72,75)/b7-5-,13-11-,19-17-,25-23-,29-28-,32-31-,35-34-,38-37-,43-41-,49-47-,52-50+,60-58+. The van der Waals surface area contributed by atoms with Gasteiger partial charge in [0.05, 0.1) is 25.4 Å². The van der Waals surface area contributed by atoms with Crippen molar-refractivity contribution in [1.29, 1.82) is 0 Å². The molecule has 0 saturated carbocycles. The van der Waals surface area contributed by atoms with Gasteiger partial charge in [0.15, 0.2) is 6.29 Å². The van der Waals surface area contributed by atoms with Crippen LogP contribution in [0.25, 0.3) is 0 Å². The van der Waals surface area contributed by atoms with Gasteiger partial charge < -0.3 is 40.3 Å². The van der Waals surface area contributed by atoms with E-state index >= 15 is 0 Å². The number of carbonyl (C=O) groups excluding carboxylic acids is 1. The van der Waals surface area contributed by atoms with Gasteiger partial charge in [-0.1, -0.05) is 269 Å². The molecule has 7 unspecified atom stereocenters. The number of aliphatic hydroxyl groups is 5. The van der Waals surface area contributed by atoms with Gasteiger partial charge in [0.1, 0.15) is 24.4 Å². The number of hydrogen-bond donors (Lipinski definition) is 6. The van der Waals surface area contributed by atoms with Crippen molar-refractivity contribution in [3.05, 3.63) is 146 Å². The van der Waals surface area contributed by atoms with Crippen LogP contribution in [-0.4, -0.2) is 87.5 Å². The average molecular weight is 1110 g/mol. The summed E-state index contributed by atoms with van der Waals surface area (Å²) < 4.78 is 11.3. The van der Waals surface area contributed by atoms with Crippen molar-refractivity contribution in [2.75, 3.05) is 13.2 Å². The highest BCUT2D eigenvalue weighted by molar-refractivity contribution is 5.76. The second-order valence-corrected chi connectivity index (χ2v) is 21.5. The Morgan fingerprint density at radius 2 is 0.787 bits per heavy atom. The Labute approximate surface area is 489 Å². The van der Waals surface area contributed by atoms with E-state index in [0.717, 1.165) is 109 Å². The molecule has 1 rings (SSSR count). The summed E-state index contributed by atoms with van der Waals surface area (Å²) in [5, 5.41) is 54.6. The molecule has 1 heterocycles. The first-order valence-corrected chi connectivity index (χ1v) is 32.1. The summed E-state index contributed by atoms with van der Waals surface area (Å²) in [4.78, 5) is 13.1. The maximum Gasteiger partial charge on any atom is 0.220 e. The van der Waals surface area contributed by atoms with Crippen LogP contribution in [-0.2, 0) is 14.3 Å². The molecule has 0 spiro atoms. The first kappa shape index (κ1) is 74.1. The first-order valence-electron chi connectivity index (χ1n) is 32.1. The van der Waals surface area contributed by atoms with Gasteiger partial charge in [0.2, 0.25) is 5.91 Å². The highest BCUT2D eigenvalue weighted by atomic mass is 16.7. The summed E-state index contributed by atoms with van der Waals surface area (Å²) in [7, 11) is 0. The lowest BCUT2D eigenvalue weighted by Gasteiger charge is -2.40. The van der Waals surface area contributed by atoms with Gasteiger partial charge in [-0.3, -0.25) is 4.79 Å². The number of rotatable bonds is 53. The number of hydrogen-bond acceptors (Lipinski definition) is 8. The third-order valence-electron chi connectivity index (χ3n) is 14.1. The van der Waals surface area contributed by atoms with Crippen LogP contribution in [0.15, 0.2) is 146 Å². The van der Waals surface area contributed by atoms with Crippen molar-refractivity contribution in [1.82, 2.24) is 5.32 Å². The molecular formula is C71H117NO8. The van der Waals surface area contributed by atoms with E-state index in [4.69, 9.17) is 9.47 Å². The van der Waals surface area contributed by atoms with Crippen LogP contribution in [0.1, 0.15) is 239 Å². The molecule has 1 aliphatic heterocycles. The van der Waals surface area contributed by atoms with E-state index in [-0.39, 0.29) is 12.5 Å². The minimum Gasteiger partial charge on any atom is -0.394 e. The third kappa shape index (κ3) is 46.7. The van der Waals surface area contributed by atoms with Gasteiger partial charge in [-0.05, 0) is 109 Å². The maximum atomic E-state index is 13.1. The van der Waals surface area contributed by atoms with Gasteiger partial charge >= 0.3 is 0 Å². The van der Waals surface area contributed by atoms with E-state index < -0.39 is 49.5 Å². The molecule has 0 bridgehead atoms. The molecule has 454 valence electrons. The van der Waals surface area contributed by atoms with Crippen LogP contribution in [0.2, 0.25) is 0 Å². The second-order valence-electron chi connectivity index (χ2n) is 21.5. The van der Waals surface area contributed by atoms with E-state index in [1.807, 2.05) is 6.08 Å². The SMILES string of the molecule is CC/C=C\C/C=C\C/C=C\C/C=C\C/C=C\C/C=C\C/C=C\C/C=C\C/C=C\C/C=C\CCCCCCC(=O)NC(COC1OC(CO)C(O)C(O)C1O)C(O)/C=C/CC/C=C/CCCCCCCCCCCCCCCCCC. The van der Waals surface area contributed by atoms with Gasteiger partial charge in [-0.25, -0.2) is 0 Å². The zero-order chi connectivity index (χ0) is 57.9. The van der Waals surface area contributed by atoms with Crippen LogP contribution in [0.5, 0.6) is 0 Å². The lowest BCUT2D eigenvalue weighted by molar-refractivity contribution is -0.302. The van der Waals surface area contributed by atoms with E-state index in [0.29, 0.717) is 12.8 Å². The molecule has 9 nitrogen and oxygen atoms in total. The van der Waals surface area contributed by atoms with Gasteiger partial charge in [-0.15, -0.1) is 0 Å². The van der Waals surface area contributed by atoms with Crippen LogP contribution < -0.4 is 5.32 Å². The maximum absolute atomic E-state index is 13.1. The molecule has 6 N–H and O–H groups in total. The molecule has 0 aromatic heterocycles. The van der Waals surface area contributed by atoms with Crippen molar-refractivity contribution < 1.29 is 39.8 Å². The van der Waals surface area contributed by atoms with Crippen LogP contribution in [0.4, 0.5) is 0 Å². The molecular weight excluding hydrogens is 995 g/mol. The lowest BCUT2D eigenvalue weighted by Crippen LogP contribution is -2.60. The smallest absolute Gasteiger partial charge is 0.220 e. The highest BCUT2D eigenvalue weighted by Crippen LogP contribution is 2.23. The van der Waals surface area contributed by atoms with Crippen LogP contribution in [0, 0.1) is 0 Å². The minimum absolute atomic E-state index is 0.216. The second kappa shape index (κ2) is 58.3. The van der Waals surface area contributed by atoms with Gasteiger partial charge in [-0.2, -0.15) is 0 Å². The monoisotopic (exact) mass is 1110 g/mol. The van der Waals surface area contributed by atoms with E-state index in [1.165, 1.54) is 103 Å². The first-order chi connectivity index (χ1) is 39.3. The average Bonchev–Trinajstić information content (AvgIpc) is 3.46. The van der Waals surface area contributed by atoms with Gasteiger partial charge in [0.25, 0.3) is 0 Å². The summed E-state index contributed by atoms with van der Waals surface area (Å²) in [6, 6.07) is -0.848. The number of aliphatic hydroxyl groups excluding tert-OH is 5. The molecule has 0 aliphatic carbocycles. The quantitative estimate of drug-likeness (QED) is 0.0261. The van der Waals surface area contributed by atoms with E-state index in [1.54, 1.807) is 6.08 Å². The zero-order valence-corrected chi connectivity index (χ0v) is 50.5. The molecule has 1 saturated heterocycles. The van der Waals surface area contributed by atoms with Crippen molar-refractivity contribution >= 4 is 5.91 Å². The fourth-order valence-electron chi connectivity index (χ4n) is 9.14. The highest BCUT2D eigenvalue weighted by Gasteiger charge is 2.44. The zero-order valence-electron chi connectivity index (χ0n) is 50.5. The number of amides is 1. The summed E-state index contributed by atoms with van der Waals surface area (Å²) in [5.41, 5.74) is 0. The normalized spacial score (nSPS) is 19.5. The van der Waals surface area contributed by atoms with Gasteiger partial charge in [0, 0.05) is 6.42 Å². The molecule has 0 aromatic rings. The Kier molecular flexibility index (Phi) is 54.0. The predicted octanol–water partition coefficient (Wildman–Crippen LogP) is 17.0. The molecule has 80 heavy (non-hydrogen) atoms. The summed E-state index contributed by atoms with van der Waals surface area (Å²) >= 11 is 0. The predicted molar refractivity (Wildman–Crippen MR) is 340 cm³/mol. The minimum atomic E-state index is -1.59. The van der Waals surface area contributed by atoms with Crippen molar-refractivity contribution in [2.24, 2.45) is 0 Å². The third-order valence-corrected chi connectivity index (χ3v) is 14.1. The lowest BCUT2D eigenvalue weighted by atomic mass is 9.99.